The van der Waals surface area contributed by atoms with Gasteiger partial charge in [-0.3, -0.25) is 0 Å². The molecule has 0 aromatic heterocycles. The number of piperazine rings is 1. The molecule has 1 fully saturated rings. The topological polar surface area (TPSA) is 19.0 Å². The van der Waals surface area contributed by atoms with Gasteiger partial charge in [-0.2, -0.15) is 0 Å². The molecule has 1 aliphatic heterocycles. The largest absolute Gasteiger partial charge is 0.492 e. The summed E-state index contributed by atoms with van der Waals surface area (Å²) in [4.78, 5) is 6.12. The standard InChI is InChI=1S/C17H27F2N3O/c1-4-21(5-2)10-11-23-14-12-15(18)17(16(19)13-14)22-8-6-20(3)7-9-22/h12-13H,4-11H2,1-3H3. The highest BCUT2D eigenvalue weighted by molar-refractivity contribution is 5.52. The Morgan fingerprint density at radius 1 is 1.04 bits per heavy atom. The van der Waals surface area contributed by atoms with E-state index in [4.69, 9.17) is 4.74 Å². The monoisotopic (exact) mass is 327 g/mol. The summed E-state index contributed by atoms with van der Waals surface area (Å²) >= 11 is 0. The fourth-order valence-electron chi connectivity index (χ4n) is 2.79. The van der Waals surface area contributed by atoms with Gasteiger partial charge < -0.3 is 19.4 Å². The second kappa shape index (κ2) is 8.45. The molecule has 6 heteroatoms. The maximum absolute atomic E-state index is 14.3. The van der Waals surface area contributed by atoms with E-state index in [2.05, 4.69) is 23.6 Å². The van der Waals surface area contributed by atoms with Gasteiger partial charge in [0.2, 0.25) is 0 Å². The highest BCUT2D eigenvalue weighted by atomic mass is 19.1. The summed E-state index contributed by atoms with van der Waals surface area (Å²) in [6.45, 7) is 10.1. The summed E-state index contributed by atoms with van der Waals surface area (Å²) in [6, 6.07) is 2.58. The average molecular weight is 327 g/mol. The Morgan fingerprint density at radius 2 is 1.61 bits per heavy atom. The maximum atomic E-state index is 14.3. The lowest BCUT2D eigenvalue weighted by Crippen LogP contribution is -2.45. The predicted octanol–water partition coefficient (Wildman–Crippen LogP) is 2.44. The van der Waals surface area contributed by atoms with E-state index in [1.165, 1.54) is 12.1 Å². The van der Waals surface area contributed by atoms with Gasteiger partial charge in [0, 0.05) is 44.9 Å². The minimum absolute atomic E-state index is 0.0641. The molecule has 0 spiro atoms. The molecule has 1 aliphatic rings. The first-order valence-corrected chi connectivity index (χ1v) is 8.32. The van der Waals surface area contributed by atoms with Gasteiger partial charge in [0.1, 0.15) is 18.0 Å². The quantitative estimate of drug-likeness (QED) is 0.766. The van der Waals surface area contributed by atoms with Crippen molar-refractivity contribution in [1.82, 2.24) is 9.80 Å². The molecule has 2 rings (SSSR count). The number of halogens is 2. The van der Waals surface area contributed by atoms with Crippen molar-refractivity contribution < 1.29 is 13.5 Å². The molecule has 0 atom stereocenters. The number of nitrogens with zero attached hydrogens (tertiary/aromatic N) is 3. The van der Waals surface area contributed by atoms with Gasteiger partial charge in [-0.25, -0.2) is 8.78 Å². The van der Waals surface area contributed by atoms with E-state index in [0.29, 0.717) is 19.7 Å². The molecule has 0 aliphatic carbocycles. The van der Waals surface area contributed by atoms with Gasteiger partial charge >= 0.3 is 0 Å². The van der Waals surface area contributed by atoms with E-state index >= 15 is 0 Å². The molecule has 0 saturated carbocycles. The average Bonchev–Trinajstić information content (AvgIpc) is 2.53. The summed E-state index contributed by atoms with van der Waals surface area (Å²) in [5, 5.41) is 0. The normalized spacial score (nSPS) is 16.2. The van der Waals surface area contributed by atoms with E-state index in [1.807, 2.05) is 7.05 Å². The van der Waals surface area contributed by atoms with Crippen LogP contribution in [0.5, 0.6) is 5.75 Å². The van der Waals surface area contributed by atoms with Crippen LogP contribution in [0, 0.1) is 11.6 Å². The summed E-state index contributed by atoms with van der Waals surface area (Å²) in [6.07, 6.45) is 0. The predicted molar refractivity (Wildman–Crippen MR) is 89.4 cm³/mol. The molecule has 1 heterocycles. The zero-order chi connectivity index (χ0) is 16.8. The van der Waals surface area contributed by atoms with E-state index in [1.54, 1.807) is 4.90 Å². The van der Waals surface area contributed by atoms with E-state index < -0.39 is 11.6 Å². The van der Waals surface area contributed by atoms with Gasteiger partial charge in [-0.15, -0.1) is 0 Å². The minimum atomic E-state index is -0.549. The van der Waals surface area contributed by atoms with Crippen molar-refractivity contribution in [3.05, 3.63) is 23.8 Å². The molecule has 0 bridgehead atoms. The van der Waals surface area contributed by atoms with Gasteiger partial charge in [-0.05, 0) is 20.1 Å². The highest BCUT2D eigenvalue weighted by Crippen LogP contribution is 2.29. The molecule has 0 radical (unpaired) electrons. The van der Waals surface area contributed by atoms with Gasteiger partial charge in [-0.1, -0.05) is 13.8 Å². The Morgan fingerprint density at radius 3 is 2.13 bits per heavy atom. The number of anilines is 1. The molecule has 0 unspecified atom stereocenters. The van der Waals surface area contributed by atoms with Crippen LogP contribution in [0.15, 0.2) is 12.1 Å². The number of ether oxygens (including phenoxy) is 1. The van der Waals surface area contributed by atoms with E-state index in [-0.39, 0.29) is 11.4 Å². The van der Waals surface area contributed by atoms with Gasteiger partial charge in [0.05, 0.1) is 0 Å². The Balaban J connectivity index is 1.99. The second-order valence-electron chi connectivity index (χ2n) is 5.90. The third-order valence-corrected chi connectivity index (χ3v) is 4.38. The number of hydrogen-bond donors (Lipinski definition) is 0. The summed E-state index contributed by atoms with van der Waals surface area (Å²) < 4.78 is 34.2. The van der Waals surface area contributed by atoms with Crippen LogP contribution in [0.1, 0.15) is 13.8 Å². The van der Waals surface area contributed by atoms with Gasteiger partial charge in [0.25, 0.3) is 0 Å². The molecule has 130 valence electrons. The molecule has 1 aromatic carbocycles. The first-order valence-electron chi connectivity index (χ1n) is 8.32. The molecule has 23 heavy (non-hydrogen) atoms. The molecule has 0 amide bonds. The van der Waals surface area contributed by atoms with Crippen LogP contribution in [-0.4, -0.2) is 69.3 Å². The first kappa shape index (κ1) is 17.9. The lowest BCUT2D eigenvalue weighted by atomic mass is 10.2. The maximum Gasteiger partial charge on any atom is 0.153 e. The SMILES string of the molecule is CCN(CC)CCOc1cc(F)c(N2CCN(C)CC2)c(F)c1. The van der Waals surface area contributed by atoms with Crippen LogP contribution in [0.25, 0.3) is 0 Å². The van der Waals surface area contributed by atoms with Crippen LogP contribution in [-0.2, 0) is 0 Å². The lowest BCUT2D eigenvalue weighted by molar-refractivity contribution is 0.222. The van der Waals surface area contributed by atoms with Crippen molar-refractivity contribution in [3.8, 4) is 5.75 Å². The molecular weight excluding hydrogens is 300 g/mol. The third-order valence-electron chi connectivity index (χ3n) is 4.38. The van der Waals surface area contributed by atoms with Gasteiger partial charge in [0.15, 0.2) is 11.6 Å². The summed E-state index contributed by atoms with van der Waals surface area (Å²) in [5.74, 6) is -0.843. The van der Waals surface area contributed by atoms with Crippen LogP contribution in [0.2, 0.25) is 0 Å². The number of rotatable bonds is 7. The number of benzene rings is 1. The van der Waals surface area contributed by atoms with E-state index in [0.717, 1.165) is 32.7 Å². The molecule has 1 aromatic rings. The van der Waals surface area contributed by atoms with Crippen molar-refractivity contribution in [2.24, 2.45) is 0 Å². The van der Waals surface area contributed by atoms with Crippen molar-refractivity contribution in [2.45, 2.75) is 13.8 Å². The Labute approximate surface area is 137 Å². The molecule has 4 nitrogen and oxygen atoms in total. The van der Waals surface area contributed by atoms with Crippen molar-refractivity contribution in [3.63, 3.8) is 0 Å². The van der Waals surface area contributed by atoms with Crippen molar-refractivity contribution in [1.29, 1.82) is 0 Å². The van der Waals surface area contributed by atoms with Crippen LogP contribution >= 0.6 is 0 Å². The molecule has 1 saturated heterocycles. The number of hydrogen-bond acceptors (Lipinski definition) is 4. The molecule has 0 N–H and O–H groups in total. The van der Waals surface area contributed by atoms with Crippen LogP contribution in [0.3, 0.4) is 0 Å². The second-order valence-corrected chi connectivity index (χ2v) is 5.90. The molecular formula is C17H27F2N3O. The number of likely N-dealkylation sites (N-methyl/N-ethyl adjacent to an activating group) is 2. The van der Waals surface area contributed by atoms with Crippen molar-refractivity contribution >= 4 is 5.69 Å². The fourth-order valence-corrected chi connectivity index (χ4v) is 2.79. The summed E-state index contributed by atoms with van der Waals surface area (Å²) in [7, 11) is 2.01. The van der Waals surface area contributed by atoms with Crippen molar-refractivity contribution in [2.75, 3.05) is 64.4 Å². The Bertz CT molecular complexity index is 478. The zero-order valence-electron chi connectivity index (χ0n) is 14.3. The Hall–Kier alpha value is -1.40. The highest BCUT2D eigenvalue weighted by Gasteiger charge is 2.22. The smallest absolute Gasteiger partial charge is 0.153 e. The first-order chi connectivity index (χ1) is 11.0. The summed E-state index contributed by atoms with van der Waals surface area (Å²) in [5.41, 5.74) is 0.0641. The van der Waals surface area contributed by atoms with Crippen LogP contribution < -0.4 is 9.64 Å². The Kier molecular flexibility index (Phi) is 6.59. The zero-order valence-corrected chi connectivity index (χ0v) is 14.3. The van der Waals surface area contributed by atoms with E-state index in [9.17, 15) is 8.78 Å². The van der Waals surface area contributed by atoms with Crippen LogP contribution in [0.4, 0.5) is 14.5 Å². The minimum Gasteiger partial charge on any atom is -0.492 e. The lowest BCUT2D eigenvalue weighted by Gasteiger charge is -2.34. The third kappa shape index (κ3) is 4.78. The fraction of sp³-hybridized carbons (Fsp3) is 0.647.